The Kier molecular flexibility index (Phi) is 5.25. The topological polar surface area (TPSA) is 63.2 Å². The van der Waals surface area contributed by atoms with Gasteiger partial charge in [0.1, 0.15) is 0 Å². The van der Waals surface area contributed by atoms with E-state index < -0.39 is 0 Å². The van der Waals surface area contributed by atoms with Gasteiger partial charge in [-0.05, 0) is 25.3 Å². The number of hydrogen-bond donors (Lipinski definition) is 2. The lowest BCUT2D eigenvalue weighted by Gasteiger charge is -2.30. The fourth-order valence-electron chi connectivity index (χ4n) is 2.72. The SMILES string of the molecule is Cc1ncsc1CNC(=O)N[C@H]1CCO[C@@H](c2ccccc2)C1. The molecule has 0 spiro atoms. The van der Waals surface area contributed by atoms with Crippen molar-refractivity contribution in [3.05, 3.63) is 52.0 Å². The first-order valence-electron chi connectivity index (χ1n) is 7.82. The number of ether oxygens (including phenoxy) is 1. The lowest BCUT2D eigenvalue weighted by molar-refractivity contribution is 0.00226. The molecular formula is C17H21N3O2S. The molecule has 1 aromatic heterocycles. The van der Waals surface area contributed by atoms with Crippen molar-refractivity contribution in [2.45, 2.75) is 38.5 Å². The van der Waals surface area contributed by atoms with E-state index in [-0.39, 0.29) is 18.2 Å². The average molecular weight is 331 g/mol. The minimum atomic E-state index is -0.128. The van der Waals surface area contributed by atoms with Gasteiger partial charge in [-0.25, -0.2) is 9.78 Å². The standard InChI is InChI=1S/C17H21N3O2S/c1-12-16(23-11-19-12)10-18-17(21)20-14-7-8-22-15(9-14)13-5-3-2-4-6-13/h2-6,11,14-15H,7-10H2,1H3,(H2,18,20,21)/t14-,15+/m0/s1. The van der Waals surface area contributed by atoms with E-state index in [9.17, 15) is 4.79 Å². The summed E-state index contributed by atoms with van der Waals surface area (Å²) < 4.78 is 5.83. The van der Waals surface area contributed by atoms with Crippen LogP contribution in [0.25, 0.3) is 0 Å². The number of nitrogens with zero attached hydrogens (tertiary/aromatic N) is 1. The van der Waals surface area contributed by atoms with Gasteiger partial charge >= 0.3 is 6.03 Å². The number of amides is 2. The highest BCUT2D eigenvalue weighted by Gasteiger charge is 2.24. The highest BCUT2D eigenvalue weighted by Crippen LogP contribution is 2.27. The second-order valence-electron chi connectivity index (χ2n) is 5.68. The fraction of sp³-hybridized carbons (Fsp3) is 0.412. The number of rotatable bonds is 4. The summed E-state index contributed by atoms with van der Waals surface area (Å²) in [6, 6.07) is 10.2. The number of benzene rings is 1. The molecule has 0 bridgehead atoms. The van der Waals surface area contributed by atoms with Crippen molar-refractivity contribution >= 4 is 17.4 Å². The molecule has 2 heterocycles. The van der Waals surface area contributed by atoms with Gasteiger partial charge in [0, 0.05) is 17.5 Å². The number of nitrogens with one attached hydrogen (secondary N) is 2. The fourth-order valence-corrected chi connectivity index (χ4v) is 3.44. The predicted molar refractivity (Wildman–Crippen MR) is 90.4 cm³/mol. The Labute approximate surface area is 140 Å². The molecule has 2 amide bonds. The number of carbonyl (C=O) groups is 1. The number of aromatic nitrogens is 1. The molecule has 1 aliphatic rings. The van der Waals surface area contributed by atoms with Crippen LogP contribution in [0, 0.1) is 6.92 Å². The smallest absolute Gasteiger partial charge is 0.315 e. The maximum absolute atomic E-state index is 12.1. The number of hydrogen-bond acceptors (Lipinski definition) is 4. The molecule has 122 valence electrons. The molecule has 2 aromatic rings. The number of urea groups is 1. The summed E-state index contributed by atoms with van der Waals surface area (Å²) in [5.74, 6) is 0. The molecule has 0 unspecified atom stereocenters. The molecule has 1 fully saturated rings. The minimum absolute atomic E-state index is 0.0546. The van der Waals surface area contributed by atoms with Crippen LogP contribution in [0.3, 0.4) is 0 Å². The van der Waals surface area contributed by atoms with Crippen LogP contribution in [-0.2, 0) is 11.3 Å². The predicted octanol–water partition coefficient (Wildman–Crippen LogP) is 3.17. The highest BCUT2D eigenvalue weighted by atomic mass is 32.1. The second-order valence-corrected chi connectivity index (χ2v) is 6.62. The third kappa shape index (κ3) is 4.30. The van der Waals surface area contributed by atoms with Crippen LogP contribution in [-0.4, -0.2) is 23.7 Å². The second kappa shape index (κ2) is 7.57. The van der Waals surface area contributed by atoms with Crippen molar-refractivity contribution in [3.63, 3.8) is 0 Å². The van der Waals surface area contributed by atoms with Crippen LogP contribution in [0.1, 0.15) is 35.1 Å². The molecule has 23 heavy (non-hydrogen) atoms. The van der Waals surface area contributed by atoms with Crippen LogP contribution in [0.4, 0.5) is 4.79 Å². The molecule has 1 saturated heterocycles. The van der Waals surface area contributed by atoms with Gasteiger partial charge in [0.05, 0.1) is 23.9 Å². The van der Waals surface area contributed by atoms with E-state index in [2.05, 4.69) is 27.8 Å². The molecule has 1 aliphatic heterocycles. The van der Waals surface area contributed by atoms with Crippen molar-refractivity contribution in [1.29, 1.82) is 0 Å². The zero-order valence-corrected chi connectivity index (χ0v) is 13.9. The van der Waals surface area contributed by atoms with Gasteiger partial charge in [-0.3, -0.25) is 0 Å². The summed E-state index contributed by atoms with van der Waals surface area (Å²) in [5, 5.41) is 5.96. The molecule has 1 aromatic carbocycles. The maximum atomic E-state index is 12.1. The third-order valence-corrected chi connectivity index (χ3v) is 4.98. The van der Waals surface area contributed by atoms with Gasteiger partial charge in [0.25, 0.3) is 0 Å². The molecule has 0 aliphatic carbocycles. The van der Waals surface area contributed by atoms with E-state index in [1.807, 2.05) is 25.1 Å². The van der Waals surface area contributed by atoms with Crippen LogP contribution in [0.2, 0.25) is 0 Å². The van der Waals surface area contributed by atoms with E-state index in [0.717, 1.165) is 23.4 Å². The molecule has 0 radical (unpaired) electrons. The Bertz CT molecular complexity index is 644. The highest BCUT2D eigenvalue weighted by molar-refractivity contribution is 7.09. The van der Waals surface area contributed by atoms with Gasteiger partial charge in [-0.2, -0.15) is 0 Å². The zero-order valence-electron chi connectivity index (χ0n) is 13.1. The van der Waals surface area contributed by atoms with Gasteiger partial charge in [0.15, 0.2) is 0 Å². The normalized spacial score (nSPS) is 20.9. The van der Waals surface area contributed by atoms with E-state index in [4.69, 9.17) is 4.74 Å². The van der Waals surface area contributed by atoms with Crippen molar-refractivity contribution < 1.29 is 9.53 Å². The first kappa shape index (κ1) is 16.0. The Morgan fingerprint density at radius 3 is 2.96 bits per heavy atom. The Morgan fingerprint density at radius 2 is 2.22 bits per heavy atom. The van der Waals surface area contributed by atoms with Crippen LogP contribution in [0.5, 0.6) is 0 Å². The average Bonchev–Trinajstić information content (AvgIpc) is 2.99. The molecule has 2 atom stereocenters. The summed E-state index contributed by atoms with van der Waals surface area (Å²) in [6.07, 6.45) is 1.70. The summed E-state index contributed by atoms with van der Waals surface area (Å²) in [6.45, 7) is 3.14. The summed E-state index contributed by atoms with van der Waals surface area (Å²) in [5.41, 5.74) is 3.94. The van der Waals surface area contributed by atoms with Gasteiger partial charge < -0.3 is 15.4 Å². The monoisotopic (exact) mass is 331 g/mol. The quantitative estimate of drug-likeness (QED) is 0.904. The third-order valence-electron chi connectivity index (χ3n) is 4.04. The van der Waals surface area contributed by atoms with Crippen molar-refractivity contribution in [2.24, 2.45) is 0 Å². The summed E-state index contributed by atoms with van der Waals surface area (Å²) in [7, 11) is 0. The lowest BCUT2D eigenvalue weighted by atomic mass is 9.97. The molecule has 2 N–H and O–H groups in total. The number of aryl methyl sites for hydroxylation is 1. The Morgan fingerprint density at radius 1 is 1.39 bits per heavy atom. The van der Waals surface area contributed by atoms with Crippen LogP contribution < -0.4 is 10.6 Å². The molecular weight excluding hydrogens is 310 g/mol. The largest absolute Gasteiger partial charge is 0.373 e. The van der Waals surface area contributed by atoms with E-state index in [1.165, 1.54) is 5.56 Å². The maximum Gasteiger partial charge on any atom is 0.315 e. The summed E-state index contributed by atoms with van der Waals surface area (Å²) in [4.78, 5) is 17.4. The van der Waals surface area contributed by atoms with Gasteiger partial charge in [0.2, 0.25) is 0 Å². The molecule has 6 heteroatoms. The lowest BCUT2D eigenvalue weighted by Crippen LogP contribution is -2.44. The summed E-state index contributed by atoms with van der Waals surface area (Å²) >= 11 is 1.56. The van der Waals surface area contributed by atoms with E-state index >= 15 is 0 Å². The van der Waals surface area contributed by atoms with Crippen molar-refractivity contribution in [3.8, 4) is 0 Å². The van der Waals surface area contributed by atoms with Crippen LogP contribution in [0.15, 0.2) is 35.8 Å². The first-order chi connectivity index (χ1) is 11.2. The number of carbonyl (C=O) groups excluding carboxylic acids is 1. The van der Waals surface area contributed by atoms with E-state index in [1.54, 1.807) is 16.8 Å². The van der Waals surface area contributed by atoms with Crippen LogP contribution >= 0.6 is 11.3 Å². The number of thiazole rings is 1. The Balaban J connectivity index is 1.49. The Hall–Kier alpha value is -1.92. The minimum Gasteiger partial charge on any atom is -0.373 e. The molecule has 5 nitrogen and oxygen atoms in total. The van der Waals surface area contributed by atoms with Crippen molar-refractivity contribution in [2.75, 3.05) is 6.61 Å². The molecule has 0 saturated carbocycles. The van der Waals surface area contributed by atoms with E-state index in [0.29, 0.717) is 13.2 Å². The molecule has 3 rings (SSSR count). The first-order valence-corrected chi connectivity index (χ1v) is 8.70. The van der Waals surface area contributed by atoms with Gasteiger partial charge in [-0.15, -0.1) is 11.3 Å². The van der Waals surface area contributed by atoms with Gasteiger partial charge in [-0.1, -0.05) is 30.3 Å². The van der Waals surface area contributed by atoms with Crippen molar-refractivity contribution in [1.82, 2.24) is 15.6 Å². The zero-order chi connectivity index (χ0) is 16.1.